The average Bonchev–Trinajstić information content (AvgIpc) is 2.97. The summed E-state index contributed by atoms with van der Waals surface area (Å²) in [5.74, 6) is -0.101. The van der Waals surface area contributed by atoms with Crippen LogP contribution < -0.4 is 5.32 Å². The Kier molecular flexibility index (Phi) is 5.51. The molecule has 3 rings (SSSR count). The molecule has 130 valence electrons. The van der Waals surface area contributed by atoms with Gasteiger partial charge in [0.05, 0.1) is 11.3 Å². The lowest BCUT2D eigenvalue weighted by Crippen LogP contribution is -2.33. The van der Waals surface area contributed by atoms with Crippen LogP contribution in [0.4, 0.5) is 0 Å². The molecule has 1 amide bonds. The Bertz CT molecular complexity index is 915. The second-order valence-electron chi connectivity index (χ2n) is 5.57. The summed E-state index contributed by atoms with van der Waals surface area (Å²) >= 11 is 13.5. The van der Waals surface area contributed by atoms with Crippen LogP contribution >= 0.6 is 35.0 Å². The van der Waals surface area contributed by atoms with Crippen molar-refractivity contribution in [3.8, 4) is 0 Å². The zero-order valence-corrected chi connectivity index (χ0v) is 15.9. The lowest BCUT2D eigenvalue weighted by molar-refractivity contribution is -0.120. The first kappa shape index (κ1) is 18.0. The molecule has 0 aliphatic heterocycles. The highest BCUT2D eigenvalue weighted by Crippen LogP contribution is 2.27. The number of hydrogen-bond acceptors (Lipinski definition) is 4. The van der Waals surface area contributed by atoms with Crippen molar-refractivity contribution in [2.45, 2.75) is 30.3 Å². The predicted octanol–water partition coefficient (Wildman–Crippen LogP) is 4.39. The number of thioether (sulfide) groups is 1. The summed E-state index contributed by atoms with van der Waals surface area (Å²) in [5.41, 5.74) is 1.57. The van der Waals surface area contributed by atoms with E-state index < -0.39 is 0 Å². The maximum Gasteiger partial charge on any atom is 0.233 e. The molecule has 0 saturated carbocycles. The third-order valence-corrected chi connectivity index (χ3v) is 5.34. The number of rotatable bonds is 5. The van der Waals surface area contributed by atoms with E-state index in [1.54, 1.807) is 12.1 Å². The molecule has 0 aliphatic rings. The van der Waals surface area contributed by atoms with Gasteiger partial charge in [-0.2, -0.15) is 0 Å². The molecule has 2 atom stereocenters. The average molecular weight is 395 g/mol. The highest BCUT2D eigenvalue weighted by molar-refractivity contribution is 8.00. The van der Waals surface area contributed by atoms with Crippen molar-refractivity contribution in [2.75, 3.05) is 0 Å². The van der Waals surface area contributed by atoms with Gasteiger partial charge in [-0.25, -0.2) is 0 Å². The van der Waals surface area contributed by atoms with Gasteiger partial charge in [0.15, 0.2) is 10.8 Å². The number of aromatic nitrogens is 3. The molecule has 1 aromatic carbocycles. The smallest absolute Gasteiger partial charge is 0.233 e. The fraction of sp³-hybridized carbons (Fsp3) is 0.235. The monoisotopic (exact) mass is 394 g/mol. The van der Waals surface area contributed by atoms with Crippen molar-refractivity contribution in [1.82, 2.24) is 19.9 Å². The van der Waals surface area contributed by atoms with Gasteiger partial charge in [-0.1, -0.05) is 47.1 Å². The fourth-order valence-electron chi connectivity index (χ4n) is 2.37. The summed E-state index contributed by atoms with van der Waals surface area (Å²) in [6, 6.07) is 10.7. The van der Waals surface area contributed by atoms with Crippen LogP contribution in [0.25, 0.3) is 5.65 Å². The number of pyridine rings is 1. The second-order valence-corrected chi connectivity index (χ2v) is 7.72. The minimum atomic E-state index is -0.332. The van der Waals surface area contributed by atoms with Gasteiger partial charge in [-0.05, 0) is 43.7 Å². The number of benzene rings is 1. The molecule has 2 unspecified atom stereocenters. The van der Waals surface area contributed by atoms with Crippen LogP contribution in [-0.2, 0) is 4.79 Å². The largest absolute Gasteiger partial charge is 0.349 e. The van der Waals surface area contributed by atoms with Crippen LogP contribution in [-0.4, -0.2) is 25.8 Å². The SMILES string of the molecule is CC(Sc1nnc2ccccn12)C(=O)NC(C)c1ccc(Cl)cc1Cl. The van der Waals surface area contributed by atoms with Gasteiger partial charge < -0.3 is 5.32 Å². The number of carbonyl (C=O) groups excluding carboxylic acids is 1. The number of amides is 1. The first-order valence-corrected chi connectivity index (χ1v) is 9.31. The Morgan fingerprint density at radius 2 is 2.00 bits per heavy atom. The van der Waals surface area contributed by atoms with Gasteiger partial charge in [0.25, 0.3) is 0 Å². The van der Waals surface area contributed by atoms with Gasteiger partial charge in [-0.3, -0.25) is 9.20 Å². The van der Waals surface area contributed by atoms with E-state index in [4.69, 9.17) is 23.2 Å². The van der Waals surface area contributed by atoms with Crippen LogP contribution in [0.5, 0.6) is 0 Å². The van der Waals surface area contributed by atoms with Crippen molar-refractivity contribution in [1.29, 1.82) is 0 Å². The molecule has 0 fully saturated rings. The van der Waals surface area contributed by atoms with Crippen molar-refractivity contribution < 1.29 is 4.79 Å². The summed E-state index contributed by atoms with van der Waals surface area (Å²) in [4.78, 5) is 12.5. The maximum absolute atomic E-state index is 12.5. The van der Waals surface area contributed by atoms with Crippen molar-refractivity contribution in [3.05, 3.63) is 58.2 Å². The van der Waals surface area contributed by atoms with E-state index in [9.17, 15) is 4.79 Å². The third-order valence-electron chi connectivity index (χ3n) is 3.72. The van der Waals surface area contributed by atoms with Crippen LogP contribution in [0.2, 0.25) is 10.0 Å². The Morgan fingerprint density at radius 1 is 1.20 bits per heavy atom. The first-order valence-electron chi connectivity index (χ1n) is 7.67. The van der Waals surface area contributed by atoms with Crippen molar-refractivity contribution in [2.24, 2.45) is 0 Å². The van der Waals surface area contributed by atoms with Crippen LogP contribution in [0.1, 0.15) is 25.5 Å². The number of nitrogens with zero attached hydrogens (tertiary/aromatic N) is 3. The zero-order valence-electron chi connectivity index (χ0n) is 13.6. The van der Waals surface area contributed by atoms with Crippen molar-refractivity contribution in [3.63, 3.8) is 0 Å². The quantitative estimate of drug-likeness (QED) is 0.651. The van der Waals surface area contributed by atoms with E-state index in [2.05, 4.69) is 15.5 Å². The molecule has 0 radical (unpaired) electrons. The lowest BCUT2D eigenvalue weighted by Gasteiger charge is -2.18. The van der Waals surface area contributed by atoms with E-state index in [1.165, 1.54) is 11.8 Å². The topological polar surface area (TPSA) is 59.3 Å². The Morgan fingerprint density at radius 3 is 2.76 bits per heavy atom. The van der Waals surface area contributed by atoms with Gasteiger partial charge >= 0.3 is 0 Å². The lowest BCUT2D eigenvalue weighted by atomic mass is 10.1. The van der Waals surface area contributed by atoms with E-state index in [-0.39, 0.29) is 17.2 Å². The van der Waals surface area contributed by atoms with Crippen molar-refractivity contribution >= 4 is 46.5 Å². The number of hydrogen-bond donors (Lipinski definition) is 1. The second kappa shape index (κ2) is 7.64. The molecule has 0 spiro atoms. The minimum absolute atomic E-state index is 0.101. The summed E-state index contributed by atoms with van der Waals surface area (Å²) in [6.07, 6.45) is 1.87. The standard InChI is InChI=1S/C17H16Cl2N4OS/c1-10(13-7-6-12(18)9-14(13)19)20-16(24)11(2)25-17-22-21-15-5-3-4-8-23(15)17/h3-11H,1-2H3,(H,20,24). The predicted molar refractivity (Wildman–Crippen MR) is 101 cm³/mol. The van der Waals surface area contributed by atoms with Gasteiger partial charge in [-0.15, -0.1) is 10.2 Å². The summed E-state index contributed by atoms with van der Waals surface area (Å²) in [7, 11) is 0. The molecule has 0 aliphatic carbocycles. The summed E-state index contributed by atoms with van der Waals surface area (Å²) in [5, 5.41) is 12.6. The number of nitrogens with one attached hydrogen (secondary N) is 1. The van der Waals surface area contributed by atoms with Gasteiger partial charge in [0, 0.05) is 16.2 Å². The normalized spacial score (nSPS) is 13.6. The molecule has 0 saturated heterocycles. The molecule has 2 aromatic heterocycles. The molecular weight excluding hydrogens is 379 g/mol. The summed E-state index contributed by atoms with van der Waals surface area (Å²) in [6.45, 7) is 3.72. The maximum atomic E-state index is 12.5. The van der Waals surface area contributed by atoms with Gasteiger partial charge in [0.1, 0.15) is 0 Å². The molecule has 1 N–H and O–H groups in total. The van der Waals surface area contributed by atoms with E-state index >= 15 is 0 Å². The molecular formula is C17H16Cl2N4OS. The van der Waals surface area contributed by atoms with Crippen LogP contribution in [0.3, 0.4) is 0 Å². The summed E-state index contributed by atoms with van der Waals surface area (Å²) < 4.78 is 1.86. The molecule has 0 bridgehead atoms. The fourth-order valence-corrected chi connectivity index (χ4v) is 3.79. The Labute approximate surface area is 159 Å². The Hall–Kier alpha value is -1.76. The third kappa shape index (κ3) is 4.08. The van der Waals surface area contributed by atoms with E-state index in [1.807, 2.05) is 48.7 Å². The number of halogens is 2. The molecule has 5 nitrogen and oxygen atoms in total. The van der Waals surface area contributed by atoms with Crippen LogP contribution in [0.15, 0.2) is 47.8 Å². The van der Waals surface area contributed by atoms with E-state index in [0.717, 1.165) is 11.2 Å². The zero-order chi connectivity index (χ0) is 18.0. The van der Waals surface area contributed by atoms with Gasteiger partial charge in [0.2, 0.25) is 5.91 Å². The minimum Gasteiger partial charge on any atom is -0.349 e. The molecule has 25 heavy (non-hydrogen) atoms. The molecule has 3 aromatic rings. The molecule has 2 heterocycles. The first-order chi connectivity index (χ1) is 12.0. The highest BCUT2D eigenvalue weighted by atomic mass is 35.5. The van der Waals surface area contributed by atoms with E-state index in [0.29, 0.717) is 15.2 Å². The highest BCUT2D eigenvalue weighted by Gasteiger charge is 2.20. The number of carbonyl (C=O) groups is 1. The molecule has 8 heteroatoms. The Balaban J connectivity index is 1.68. The van der Waals surface area contributed by atoms with Crippen LogP contribution in [0, 0.1) is 0 Å². The number of fused-ring (bicyclic) bond motifs is 1.